The molecule has 0 amide bonds. The summed E-state index contributed by atoms with van der Waals surface area (Å²) in [6.45, 7) is 0. The molecule has 0 spiro atoms. The molecule has 0 bridgehead atoms. The maximum atomic E-state index is 12.2. The van der Waals surface area contributed by atoms with Crippen molar-refractivity contribution in [2.45, 2.75) is 11.1 Å². The number of halogens is 3. The van der Waals surface area contributed by atoms with Crippen molar-refractivity contribution in [1.82, 2.24) is 0 Å². The van der Waals surface area contributed by atoms with E-state index in [9.17, 15) is 26.1 Å². The number of hydrogen-bond acceptors (Lipinski definition) is 2. The van der Waals surface area contributed by atoms with Gasteiger partial charge >= 0.3 is 16.3 Å². The molecule has 0 aliphatic carbocycles. The number of alkyl halides is 3. The van der Waals surface area contributed by atoms with E-state index in [0.29, 0.717) is 12.1 Å². The summed E-state index contributed by atoms with van der Waals surface area (Å²) >= 11 is 0. The minimum Gasteiger partial charge on any atom is -0.192 e. The first-order chi connectivity index (χ1) is 6.23. The maximum Gasteiger partial charge on any atom is 0.417 e. The second-order valence-electron chi connectivity index (χ2n) is 2.45. The van der Waals surface area contributed by atoms with Crippen LogP contribution in [-0.4, -0.2) is 8.42 Å². The molecule has 0 aliphatic heterocycles. The van der Waals surface area contributed by atoms with Gasteiger partial charge in [0.25, 0.3) is 0 Å². The van der Waals surface area contributed by atoms with Crippen LogP contribution >= 0.6 is 0 Å². The van der Waals surface area contributed by atoms with E-state index in [0.717, 1.165) is 12.1 Å². The Morgan fingerprint density at radius 1 is 1.07 bits per heavy atom. The molecule has 1 radical (unpaired) electrons. The molecule has 0 atom stereocenters. The SMILES string of the molecule is [O]S(=O)(=O)c1ccccc1C(F)(F)F. The van der Waals surface area contributed by atoms with Gasteiger partial charge in [0, 0.05) is 0 Å². The number of rotatable bonds is 1. The van der Waals surface area contributed by atoms with Gasteiger partial charge in [0.2, 0.25) is 0 Å². The van der Waals surface area contributed by atoms with Crippen molar-refractivity contribution in [3.63, 3.8) is 0 Å². The molecule has 77 valence electrons. The van der Waals surface area contributed by atoms with Crippen molar-refractivity contribution in [3.8, 4) is 0 Å². The highest BCUT2D eigenvalue weighted by molar-refractivity contribution is 7.85. The van der Waals surface area contributed by atoms with Gasteiger partial charge in [0.15, 0.2) is 0 Å². The molecule has 0 fully saturated rings. The second-order valence-corrected chi connectivity index (χ2v) is 3.80. The first-order valence-electron chi connectivity index (χ1n) is 3.35. The van der Waals surface area contributed by atoms with Crippen molar-refractivity contribution in [3.05, 3.63) is 29.8 Å². The molecule has 0 saturated carbocycles. The number of benzene rings is 1. The average molecular weight is 225 g/mol. The van der Waals surface area contributed by atoms with Gasteiger partial charge in [-0.2, -0.15) is 21.6 Å². The summed E-state index contributed by atoms with van der Waals surface area (Å²) in [6.07, 6.45) is -4.84. The molecule has 1 aromatic rings. The van der Waals surface area contributed by atoms with Crippen molar-refractivity contribution in [2.24, 2.45) is 0 Å². The molecule has 1 rings (SSSR count). The zero-order valence-corrected chi connectivity index (χ0v) is 7.39. The van der Waals surface area contributed by atoms with E-state index in [1.165, 1.54) is 0 Å². The standard InChI is InChI=1S/C7H4F3O3S/c8-7(9,10)5-3-1-2-4-6(5)14(11,12)13/h1-4H. The van der Waals surface area contributed by atoms with E-state index in [1.807, 2.05) is 0 Å². The van der Waals surface area contributed by atoms with Gasteiger partial charge in [0.05, 0.1) is 5.56 Å². The highest BCUT2D eigenvalue weighted by Crippen LogP contribution is 2.33. The van der Waals surface area contributed by atoms with E-state index >= 15 is 0 Å². The van der Waals surface area contributed by atoms with Crippen LogP contribution in [0, 0.1) is 0 Å². The third-order valence-electron chi connectivity index (χ3n) is 1.46. The molecule has 0 heterocycles. The minimum absolute atomic E-state index is 0.546. The average Bonchev–Trinajstić information content (AvgIpc) is 2.01. The molecular formula is C7H4F3O3S. The van der Waals surface area contributed by atoms with Gasteiger partial charge in [-0.3, -0.25) is 0 Å². The predicted octanol–water partition coefficient (Wildman–Crippen LogP) is 1.82. The lowest BCUT2D eigenvalue weighted by atomic mass is 10.2. The smallest absolute Gasteiger partial charge is 0.192 e. The summed E-state index contributed by atoms with van der Waals surface area (Å²) in [5.74, 6) is 0. The normalized spacial score (nSPS) is 12.9. The molecule has 1 aromatic carbocycles. The second kappa shape index (κ2) is 3.25. The monoisotopic (exact) mass is 225 g/mol. The van der Waals surface area contributed by atoms with Crippen LogP contribution in [0.5, 0.6) is 0 Å². The van der Waals surface area contributed by atoms with Crippen LogP contribution < -0.4 is 0 Å². The van der Waals surface area contributed by atoms with E-state index < -0.39 is 26.8 Å². The highest BCUT2D eigenvalue weighted by Gasteiger charge is 2.36. The van der Waals surface area contributed by atoms with Crippen LogP contribution in [0.25, 0.3) is 0 Å². The zero-order chi connectivity index (χ0) is 11.0. The van der Waals surface area contributed by atoms with Crippen LogP contribution in [0.4, 0.5) is 13.2 Å². The lowest BCUT2D eigenvalue weighted by Gasteiger charge is -2.08. The van der Waals surface area contributed by atoms with Crippen LogP contribution in [0.15, 0.2) is 29.2 Å². The van der Waals surface area contributed by atoms with E-state index in [2.05, 4.69) is 0 Å². The molecule has 0 saturated heterocycles. The summed E-state index contributed by atoms with van der Waals surface area (Å²) in [5.41, 5.74) is -1.44. The zero-order valence-electron chi connectivity index (χ0n) is 6.58. The Balaban J connectivity index is 3.47. The Kier molecular flexibility index (Phi) is 2.55. The molecule has 0 N–H and O–H groups in total. The van der Waals surface area contributed by atoms with Crippen molar-refractivity contribution in [1.29, 1.82) is 0 Å². The van der Waals surface area contributed by atoms with E-state index in [4.69, 9.17) is 0 Å². The first kappa shape index (κ1) is 11.0. The van der Waals surface area contributed by atoms with E-state index in [-0.39, 0.29) is 0 Å². The number of hydrogen-bond donors (Lipinski definition) is 0. The van der Waals surface area contributed by atoms with Gasteiger partial charge in [-0.25, -0.2) is 0 Å². The maximum absolute atomic E-state index is 12.2. The summed E-state index contributed by atoms with van der Waals surface area (Å²) in [4.78, 5) is -1.24. The predicted molar refractivity (Wildman–Crippen MR) is 39.3 cm³/mol. The Labute approximate surface area is 77.9 Å². The highest BCUT2D eigenvalue weighted by atomic mass is 32.2. The quantitative estimate of drug-likeness (QED) is 0.732. The largest absolute Gasteiger partial charge is 0.417 e. The Bertz CT molecular complexity index is 436. The molecule has 3 nitrogen and oxygen atoms in total. The Hall–Kier alpha value is -1.08. The van der Waals surface area contributed by atoms with Gasteiger partial charge in [-0.05, 0) is 12.1 Å². The summed E-state index contributed by atoms with van der Waals surface area (Å²) in [7, 11) is -5.09. The third kappa shape index (κ3) is 2.24. The summed E-state index contributed by atoms with van der Waals surface area (Å²) in [5, 5.41) is 0. The lowest BCUT2D eigenvalue weighted by Crippen LogP contribution is -2.11. The summed E-state index contributed by atoms with van der Waals surface area (Å²) in [6, 6.07) is 3.24. The minimum atomic E-state index is -5.09. The van der Waals surface area contributed by atoms with Gasteiger partial charge < -0.3 is 0 Å². The van der Waals surface area contributed by atoms with Gasteiger partial charge in [-0.15, -0.1) is 0 Å². The van der Waals surface area contributed by atoms with Crippen LogP contribution in [0.1, 0.15) is 5.56 Å². The molecule has 0 aliphatic rings. The fraction of sp³-hybridized carbons (Fsp3) is 0.143. The molecule has 0 unspecified atom stereocenters. The molecule has 14 heavy (non-hydrogen) atoms. The van der Waals surface area contributed by atoms with Crippen LogP contribution in [-0.2, 0) is 20.8 Å². The fourth-order valence-corrected chi connectivity index (χ4v) is 1.62. The van der Waals surface area contributed by atoms with E-state index in [1.54, 1.807) is 0 Å². The van der Waals surface area contributed by atoms with Crippen molar-refractivity contribution >= 4 is 10.1 Å². The van der Waals surface area contributed by atoms with Crippen molar-refractivity contribution < 1.29 is 26.1 Å². The molecular weight excluding hydrogens is 221 g/mol. The Morgan fingerprint density at radius 3 is 1.93 bits per heavy atom. The van der Waals surface area contributed by atoms with Crippen molar-refractivity contribution in [2.75, 3.05) is 0 Å². The third-order valence-corrected chi connectivity index (χ3v) is 2.36. The Morgan fingerprint density at radius 2 is 1.57 bits per heavy atom. The summed E-state index contributed by atoms with van der Waals surface area (Å²) < 4.78 is 67.9. The first-order valence-corrected chi connectivity index (χ1v) is 4.76. The van der Waals surface area contributed by atoms with Crippen LogP contribution in [0.3, 0.4) is 0 Å². The van der Waals surface area contributed by atoms with Crippen LogP contribution in [0.2, 0.25) is 0 Å². The van der Waals surface area contributed by atoms with Gasteiger partial charge in [-0.1, -0.05) is 16.7 Å². The molecule has 0 aromatic heterocycles. The fourth-order valence-electron chi connectivity index (χ4n) is 0.919. The molecule has 7 heteroatoms. The topological polar surface area (TPSA) is 54.0 Å². The lowest BCUT2D eigenvalue weighted by molar-refractivity contribution is -0.140. The van der Waals surface area contributed by atoms with Gasteiger partial charge in [0.1, 0.15) is 4.90 Å².